The topological polar surface area (TPSA) is 51.2 Å². The lowest BCUT2D eigenvalue weighted by atomic mass is 9.67. The van der Waals surface area contributed by atoms with E-state index in [1.54, 1.807) is 24.3 Å². The van der Waals surface area contributed by atoms with Crippen LogP contribution in [0.15, 0.2) is 36.4 Å². The van der Waals surface area contributed by atoms with Gasteiger partial charge in [0.1, 0.15) is 0 Å². The SMILES string of the molecule is O=C1C=CC(=O)c2ccccc21.O=C1PC2CCCCC2C2CCCCC12. The third kappa shape index (κ3) is 3.85. The molecule has 1 saturated heterocycles. The molecule has 0 spiro atoms. The van der Waals surface area contributed by atoms with Gasteiger partial charge in [-0.3, -0.25) is 14.4 Å². The molecule has 3 fully saturated rings. The molecule has 0 bridgehead atoms. The van der Waals surface area contributed by atoms with Crippen molar-refractivity contribution in [3.8, 4) is 0 Å². The van der Waals surface area contributed by atoms with Gasteiger partial charge in [0.25, 0.3) is 0 Å². The monoisotopic (exact) mass is 382 g/mol. The maximum Gasteiger partial charge on any atom is 0.186 e. The van der Waals surface area contributed by atoms with Gasteiger partial charge in [0, 0.05) is 17.0 Å². The third-order valence-corrected chi connectivity index (χ3v) is 8.44. The zero-order valence-electron chi connectivity index (χ0n) is 15.7. The van der Waals surface area contributed by atoms with Crippen LogP contribution >= 0.6 is 8.58 Å². The molecule has 4 aliphatic rings. The highest BCUT2D eigenvalue weighted by molar-refractivity contribution is 7.58. The normalized spacial score (nSPS) is 32.8. The molecular weight excluding hydrogens is 355 g/mol. The number of hydrogen-bond donors (Lipinski definition) is 0. The van der Waals surface area contributed by atoms with E-state index in [0.717, 1.165) is 17.5 Å². The summed E-state index contributed by atoms with van der Waals surface area (Å²) in [5.41, 5.74) is 2.48. The summed E-state index contributed by atoms with van der Waals surface area (Å²) >= 11 is 0. The fraction of sp³-hybridized carbons (Fsp3) is 0.522. The Hall–Kier alpha value is -1.60. The molecule has 5 atom stereocenters. The second-order valence-electron chi connectivity index (χ2n) is 8.23. The Balaban J connectivity index is 0.000000137. The van der Waals surface area contributed by atoms with E-state index >= 15 is 0 Å². The van der Waals surface area contributed by atoms with Crippen LogP contribution in [0.25, 0.3) is 0 Å². The van der Waals surface area contributed by atoms with Crippen LogP contribution in [0.5, 0.6) is 0 Å². The minimum Gasteiger partial charge on any atom is -0.295 e. The van der Waals surface area contributed by atoms with E-state index in [9.17, 15) is 14.4 Å². The molecule has 5 rings (SSSR count). The average molecular weight is 382 g/mol. The van der Waals surface area contributed by atoms with Crippen LogP contribution < -0.4 is 0 Å². The fourth-order valence-electron chi connectivity index (χ4n) is 5.38. The second-order valence-corrected chi connectivity index (χ2v) is 9.75. The van der Waals surface area contributed by atoms with Crippen LogP contribution in [0.1, 0.15) is 72.1 Å². The summed E-state index contributed by atoms with van der Waals surface area (Å²) in [5, 5.41) is 0. The molecule has 1 aliphatic heterocycles. The number of fused-ring (bicyclic) bond motifs is 4. The molecule has 1 aromatic rings. The van der Waals surface area contributed by atoms with Crippen LogP contribution in [-0.2, 0) is 4.79 Å². The predicted molar refractivity (Wildman–Crippen MR) is 109 cm³/mol. The van der Waals surface area contributed by atoms with Crippen LogP contribution in [-0.4, -0.2) is 22.7 Å². The van der Waals surface area contributed by atoms with Gasteiger partial charge < -0.3 is 0 Å². The summed E-state index contributed by atoms with van der Waals surface area (Å²) < 4.78 is 0. The minimum absolute atomic E-state index is 0.0924. The Bertz CT molecular complexity index is 745. The summed E-state index contributed by atoms with van der Waals surface area (Å²) in [4.78, 5) is 34.5. The number of hydrogen-bond acceptors (Lipinski definition) is 3. The standard InChI is InChI=1S/C13H21OP.C10H6O2/c14-13-11-7-2-1-5-9(11)10-6-3-4-8-12(10)15-13;11-9-5-6-10(12)8-4-2-1-3-7(8)9/h9-12,15H,1-8H2;1-6H. The zero-order chi connectivity index (χ0) is 18.8. The van der Waals surface area contributed by atoms with Gasteiger partial charge in [-0.1, -0.05) is 49.9 Å². The van der Waals surface area contributed by atoms with Crippen LogP contribution in [0.3, 0.4) is 0 Å². The molecule has 0 radical (unpaired) electrons. The first-order valence-electron chi connectivity index (χ1n) is 10.3. The molecule has 1 aromatic carbocycles. The van der Waals surface area contributed by atoms with Crippen LogP contribution in [0.2, 0.25) is 0 Å². The number of carbonyl (C=O) groups excluding carboxylic acids is 3. The van der Waals surface area contributed by atoms with Gasteiger partial charge >= 0.3 is 0 Å². The second kappa shape index (κ2) is 8.19. The summed E-state index contributed by atoms with van der Waals surface area (Å²) in [5.74, 6) is 2.06. The lowest BCUT2D eigenvalue weighted by Crippen LogP contribution is -2.42. The van der Waals surface area contributed by atoms with Gasteiger partial charge in [0.05, 0.1) is 0 Å². The van der Waals surface area contributed by atoms with Crippen molar-refractivity contribution in [2.24, 2.45) is 17.8 Å². The van der Waals surface area contributed by atoms with Gasteiger partial charge in [0.15, 0.2) is 17.1 Å². The van der Waals surface area contributed by atoms with E-state index in [2.05, 4.69) is 0 Å². The summed E-state index contributed by atoms with van der Waals surface area (Å²) in [6, 6.07) is 6.84. The van der Waals surface area contributed by atoms with E-state index in [1.165, 1.54) is 63.5 Å². The molecule has 142 valence electrons. The Kier molecular flexibility index (Phi) is 5.68. The Morgan fingerprint density at radius 1 is 0.704 bits per heavy atom. The molecule has 3 aliphatic carbocycles. The van der Waals surface area contributed by atoms with E-state index in [4.69, 9.17) is 0 Å². The number of allylic oxidation sites excluding steroid dienone is 2. The van der Waals surface area contributed by atoms with Crippen molar-refractivity contribution in [1.82, 2.24) is 0 Å². The molecule has 2 saturated carbocycles. The van der Waals surface area contributed by atoms with E-state index < -0.39 is 0 Å². The first-order chi connectivity index (χ1) is 13.1. The Labute approximate surface area is 162 Å². The summed E-state index contributed by atoms with van der Waals surface area (Å²) in [6.45, 7) is 0. The predicted octanol–water partition coefficient (Wildman–Crippen LogP) is 5.19. The fourth-order valence-corrected chi connectivity index (χ4v) is 7.30. The number of rotatable bonds is 0. The summed E-state index contributed by atoms with van der Waals surface area (Å²) in [6.07, 6.45) is 13.5. The molecular formula is C23H27O3P. The minimum atomic E-state index is -0.0924. The molecule has 4 heteroatoms. The van der Waals surface area contributed by atoms with E-state index in [-0.39, 0.29) is 11.6 Å². The van der Waals surface area contributed by atoms with Crippen molar-refractivity contribution in [3.05, 3.63) is 47.5 Å². The van der Waals surface area contributed by atoms with Crippen molar-refractivity contribution >= 4 is 25.7 Å². The van der Waals surface area contributed by atoms with Crippen LogP contribution in [0.4, 0.5) is 0 Å². The third-order valence-electron chi connectivity index (χ3n) is 6.70. The largest absolute Gasteiger partial charge is 0.295 e. The number of ketones is 2. The maximum atomic E-state index is 12.1. The lowest BCUT2D eigenvalue weighted by Gasteiger charge is -2.46. The van der Waals surface area contributed by atoms with Crippen molar-refractivity contribution in [2.45, 2.75) is 57.0 Å². The Morgan fingerprint density at radius 3 is 1.93 bits per heavy atom. The van der Waals surface area contributed by atoms with E-state index in [1.807, 2.05) is 0 Å². The average Bonchev–Trinajstić information content (AvgIpc) is 2.72. The molecule has 27 heavy (non-hydrogen) atoms. The molecule has 0 N–H and O–H groups in total. The first kappa shape index (κ1) is 18.7. The molecule has 5 unspecified atom stereocenters. The van der Waals surface area contributed by atoms with Gasteiger partial charge in [-0.2, -0.15) is 0 Å². The maximum absolute atomic E-state index is 12.1. The van der Waals surface area contributed by atoms with Gasteiger partial charge in [-0.25, -0.2) is 0 Å². The summed E-state index contributed by atoms with van der Waals surface area (Å²) in [7, 11) is 0.676. The highest BCUT2D eigenvalue weighted by Crippen LogP contribution is 2.53. The highest BCUT2D eigenvalue weighted by Gasteiger charge is 2.45. The molecule has 0 aromatic heterocycles. The zero-order valence-corrected chi connectivity index (χ0v) is 16.7. The number of carbonyl (C=O) groups is 3. The van der Waals surface area contributed by atoms with Crippen molar-refractivity contribution in [1.29, 1.82) is 0 Å². The smallest absolute Gasteiger partial charge is 0.186 e. The molecule has 1 heterocycles. The lowest BCUT2D eigenvalue weighted by molar-refractivity contribution is -0.119. The van der Waals surface area contributed by atoms with Gasteiger partial charge in [-0.05, 0) is 63.9 Å². The van der Waals surface area contributed by atoms with Crippen molar-refractivity contribution in [3.63, 3.8) is 0 Å². The van der Waals surface area contributed by atoms with Crippen LogP contribution in [0, 0.1) is 17.8 Å². The van der Waals surface area contributed by atoms with Gasteiger partial charge in [0.2, 0.25) is 0 Å². The quantitative estimate of drug-likeness (QED) is 0.580. The first-order valence-corrected chi connectivity index (χ1v) is 11.4. The Morgan fingerprint density at radius 2 is 1.26 bits per heavy atom. The van der Waals surface area contributed by atoms with Crippen molar-refractivity contribution < 1.29 is 14.4 Å². The number of benzene rings is 1. The molecule has 0 amide bonds. The van der Waals surface area contributed by atoms with E-state index in [0.29, 0.717) is 31.1 Å². The van der Waals surface area contributed by atoms with Crippen molar-refractivity contribution in [2.75, 3.05) is 0 Å². The molecule has 3 nitrogen and oxygen atoms in total. The van der Waals surface area contributed by atoms with Gasteiger partial charge in [-0.15, -0.1) is 0 Å². The highest BCUT2D eigenvalue weighted by atomic mass is 31.1.